The van der Waals surface area contributed by atoms with Crippen molar-refractivity contribution in [3.05, 3.63) is 63.1 Å². The lowest BCUT2D eigenvalue weighted by molar-refractivity contribution is -0.143. The third-order valence-electron chi connectivity index (χ3n) is 5.43. The summed E-state index contributed by atoms with van der Waals surface area (Å²) in [4.78, 5) is 27.8. The smallest absolute Gasteiger partial charge is 0.261 e. The standard InChI is InChI=1S/C25H32Cl2N2O3/c1-6-18(5)28-25(31)22(7-2)29(14-19-8-10-20(26)11-9-19)23(30)15-32-21-12-16(3)24(27)17(4)13-21/h8-13,18,22H,6-7,14-15H2,1-5H3,(H,28,31)/t18-,22-/m0/s1. The van der Waals surface area contributed by atoms with E-state index in [0.717, 1.165) is 23.1 Å². The molecule has 2 amide bonds. The highest BCUT2D eigenvalue weighted by molar-refractivity contribution is 6.32. The van der Waals surface area contributed by atoms with E-state index in [2.05, 4.69) is 5.32 Å². The summed E-state index contributed by atoms with van der Waals surface area (Å²) in [6.07, 6.45) is 1.30. The minimum absolute atomic E-state index is 0.0281. The van der Waals surface area contributed by atoms with E-state index in [9.17, 15) is 9.59 Å². The maximum atomic E-state index is 13.3. The molecule has 0 spiro atoms. The molecule has 0 saturated heterocycles. The molecule has 174 valence electrons. The van der Waals surface area contributed by atoms with Gasteiger partial charge in [0.25, 0.3) is 5.91 Å². The summed E-state index contributed by atoms with van der Waals surface area (Å²) in [6.45, 7) is 9.74. The molecule has 0 aromatic heterocycles. The Balaban J connectivity index is 2.24. The van der Waals surface area contributed by atoms with Gasteiger partial charge in [0.1, 0.15) is 11.8 Å². The number of ether oxygens (including phenoxy) is 1. The number of rotatable bonds is 10. The Bertz CT molecular complexity index is 908. The van der Waals surface area contributed by atoms with Gasteiger partial charge in [-0.05, 0) is 74.6 Å². The van der Waals surface area contributed by atoms with E-state index in [4.69, 9.17) is 27.9 Å². The first-order valence-electron chi connectivity index (χ1n) is 10.9. The van der Waals surface area contributed by atoms with E-state index in [1.165, 1.54) is 0 Å². The number of amides is 2. The van der Waals surface area contributed by atoms with Crippen molar-refractivity contribution < 1.29 is 14.3 Å². The molecule has 0 heterocycles. The van der Waals surface area contributed by atoms with Crippen LogP contribution >= 0.6 is 23.2 Å². The maximum Gasteiger partial charge on any atom is 0.261 e. The lowest BCUT2D eigenvalue weighted by atomic mass is 10.1. The molecule has 2 rings (SSSR count). The Labute approximate surface area is 201 Å². The molecule has 0 unspecified atom stereocenters. The summed E-state index contributed by atoms with van der Waals surface area (Å²) in [7, 11) is 0. The zero-order valence-electron chi connectivity index (χ0n) is 19.4. The summed E-state index contributed by atoms with van der Waals surface area (Å²) in [5, 5.41) is 4.29. The van der Waals surface area contributed by atoms with Gasteiger partial charge in [0, 0.05) is 22.6 Å². The predicted octanol–water partition coefficient (Wildman–Crippen LogP) is 5.71. The van der Waals surface area contributed by atoms with Crippen LogP contribution in [-0.4, -0.2) is 35.4 Å². The molecular formula is C25H32Cl2N2O3. The van der Waals surface area contributed by atoms with Crippen molar-refractivity contribution in [3.63, 3.8) is 0 Å². The Morgan fingerprint density at radius 2 is 1.62 bits per heavy atom. The van der Waals surface area contributed by atoms with Crippen LogP contribution in [0.1, 0.15) is 50.3 Å². The lowest BCUT2D eigenvalue weighted by Crippen LogP contribution is -2.51. The predicted molar refractivity (Wildman–Crippen MR) is 130 cm³/mol. The number of benzene rings is 2. The van der Waals surface area contributed by atoms with Crippen LogP contribution in [-0.2, 0) is 16.1 Å². The van der Waals surface area contributed by atoms with Crippen LogP contribution in [0.15, 0.2) is 36.4 Å². The van der Waals surface area contributed by atoms with Crippen LogP contribution in [0.3, 0.4) is 0 Å². The average molecular weight is 479 g/mol. The molecular weight excluding hydrogens is 447 g/mol. The summed E-state index contributed by atoms with van der Waals surface area (Å²) in [5.74, 6) is 0.139. The van der Waals surface area contributed by atoms with E-state index in [1.54, 1.807) is 29.2 Å². The first kappa shape index (κ1) is 26.0. The maximum absolute atomic E-state index is 13.3. The molecule has 1 N–H and O–H groups in total. The quantitative estimate of drug-likeness (QED) is 0.475. The van der Waals surface area contributed by atoms with Gasteiger partial charge in [0.2, 0.25) is 5.91 Å². The highest BCUT2D eigenvalue weighted by atomic mass is 35.5. The molecule has 2 aromatic rings. The fourth-order valence-electron chi connectivity index (χ4n) is 3.36. The van der Waals surface area contributed by atoms with Gasteiger partial charge in [-0.1, -0.05) is 49.2 Å². The third-order valence-corrected chi connectivity index (χ3v) is 6.27. The molecule has 5 nitrogen and oxygen atoms in total. The Kier molecular flexibility index (Phi) is 9.85. The number of carbonyl (C=O) groups excluding carboxylic acids is 2. The number of hydrogen-bond donors (Lipinski definition) is 1. The Hall–Kier alpha value is -2.24. The fourth-order valence-corrected chi connectivity index (χ4v) is 3.60. The van der Waals surface area contributed by atoms with Crippen molar-refractivity contribution >= 4 is 35.0 Å². The first-order chi connectivity index (χ1) is 15.2. The molecule has 7 heteroatoms. The number of halogens is 2. The third kappa shape index (κ3) is 7.14. The van der Waals surface area contributed by atoms with Gasteiger partial charge in [-0.15, -0.1) is 0 Å². The Morgan fingerprint density at radius 1 is 1.03 bits per heavy atom. The summed E-state index contributed by atoms with van der Waals surface area (Å²) >= 11 is 12.2. The zero-order chi connectivity index (χ0) is 23.8. The van der Waals surface area contributed by atoms with Gasteiger partial charge in [0.15, 0.2) is 6.61 Å². The second-order valence-electron chi connectivity index (χ2n) is 8.05. The van der Waals surface area contributed by atoms with Gasteiger partial charge >= 0.3 is 0 Å². The molecule has 0 saturated carbocycles. The molecule has 2 atom stereocenters. The van der Waals surface area contributed by atoms with Crippen LogP contribution in [0.5, 0.6) is 5.75 Å². The van der Waals surface area contributed by atoms with Crippen LogP contribution < -0.4 is 10.1 Å². The van der Waals surface area contributed by atoms with Crippen molar-refractivity contribution in [1.82, 2.24) is 10.2 Å². The van der Waals surface area contributed by atoms with E-state index in [0.29, 0.717) is 22.2 Å². The Morgan fingerprint density at radius 3 is 2.16 bits per heavy atom. The van der Waals surface area contributed by atoms with Crippen LogP contribution in [0, 0.1) is 13.8 Å². The van der Waals surface area contributed by atoms with Gasteiger partial charge in [-0.2, -0.15) is 0 Å². The second-order valence-corrected chi connectivity index (χ2v) is 8.86. The van der Waals surface area contributed by atoms with Crippen molar-refractivity contribution in [2.75, 3.05) is 6.61 Å². The number of carbonyl (C=O) groups is 2. The van der Waals surface area contributed by atoms with Gasteiger partial charge in [-0.25, -0.2) is 0 Å². The van der Waals surface area contributed by atoms with Crippen molar-refractivity contribution in [2.24, 2.45) is 0 Å². The largest absolute Gasteiger partial charge is 0.484 e. The SMILES string of the molecule is CC[C@H](C)NC(=O)[C@H](CC)N(Cc1ccc(Cl)cc1)C(=O)COc1cc(C)c(Cl)c(C)c1. The van der Waals surface area contributed by atoms with Gasteiger partial charge in [0.05, 0.1) is 0 Å². The number of nitrogens with zero attached hydrogens (tertiary/aromatic N) is 1. The number of nitrogens with one attached hydrogen (secondary N) is 1. The van der Waals surface area contributed by atoms with Gasteiger partial charge in [-0.3, -0.25) is 9.59 Å². The molecule has 0 fully saturated rings. The average Bonchev–Trinajstić information content (AvgIpc) is 2.76. The molecule has 0 bridgehead atoms. The topological polar surface area (TPSA) is 58.6 Å². The van der Waals surface area contributed by atoms with Crippen molar-refractivity contribution in [3.8, 4) is 5.75 Å². The molecule has 32 heavy (non-hydrogen) atoms. The summed E-state index contributed by atoms with van der Waals surface area (Å²) in [5.41, 5.74) is 2.65. The minimum Gasteiger partial charge on any atom is -0.484 e. The highest BCUT2D eigenvalue weighted by Gasteiger charge is 2.29. The van der Waals surface area contributed by atoms with Gasteiger partial charge < -0.3 is 15.0 Å². The van der Waals surface area contributed by atoms with E-state index >= 15 is 0 Å². The highest BCUT2D eigenvalue weighted by Crippen LogP contribution is 2.26. The first-order valence-corrected chi connectivity index (χ1v) is 11.7. The fraction of sp³-hybridized carbons (Fsp3) is 0.440. The summed E-state index contributed by atoms with van der Waals surface area (Å²) in [6, 6.07) is 10.3. The summed E-state index contributed by atoms with van der Waals surface area (Å²) < 4.78 is 5.80. The number of hydrogen-bond acceptors (Lipinski definition) is 3. The second kappa shape index (κ2) is 12.1. The lowest BCUT2D eigenvalue weighted by Gasteiger charge is -2.31. The van der Waals surface area contributed by atoms with Crippen LogP contribution in [0.2, 0.25) is 10.0 Å². The molecule has 0 aliphatic carbocycles. The zero-order valence-corrected chi connectivity index (χ0v) is 20.9. The molecule has 0 aliphatic heterocycles. The van der Waals surface area contributed by atoms with E-state index < -0.39 is 6.04 Å². The normalized spacial score (nSPS) is 12.7. The van der Waals surface area contributed by atoms with Crippen LogP contribution in [0.25, 0.3) is 0 Å². The monoisotopic (exact) mass is 478 g/mol. The number of aryl methyl sites for hydroxylation is 2. The van der Waals surface area contributed by atoms with E-state index in [1.807, 2.05) is 46.8 Å². The molecule has 2 aromatic carbocycles. The minimum atomic E-state index is -0.607. The van der Waals surface area contributed by atoms with E-state index in [-0.39, 0.29) is 31.0 Å². The molecule has 0 radical (unpaired) electrons. The van der Waals surface area contributed by atoms with Crippen molar-refractivity contribution in [2.45, 2.75) is 66.1 Å². The van der Waals surface area contributed by atoms with Crippen LogP contribution in [0.4, 0.5) is 0 Å². The van der Waals surface area contributed by atoms with Crippen molar-refractivity contribution in [1.29, 1.82) is 0 Å². The molecule has 0 aliphatic rings.